The van der Waals surface area contributed by atoms with Crippen LogP contribution in [0.5, 0.6) is 0 Å². The first kappa shape index (κ1) is 26.4. The van der Waals surface area contributed by atoms with Gasteiger partial charge in [-0.15, -0.1) is 0 Å². The molecule has 2 aromatic heterocycles. The maximum absolute atomic E-state index is 12.8. The highest BCUT2D eigenvalue weighted by Crippen LogP contribution is 2.30. The van der Waals surface area contributed by atoms with Crippen molar-refractivity contribution in [3.63, 3.8) is 0 Å². The quantitative estimate of drug-likeness (QED) is 0.207. The number of esters is 1. The summed E-state index contributed by atoms with van der Waals surface area (Å²) in [6, 6.07) is 14.1. The van der Waals surface area contributed by atoms with Gasteiger partial charge in [-0.2, -0.15) is 0 Å². The number of piperidine rings is 1. The van der Waals surface area contributed by atoms with Crippen molar-refractivity contribution in [2.24, 2.45) is 0 Å². The summed E-state index contributed by atoms with van der Waals surface area (Å²) in [4.78, 5) is 19.9. The number of hydrogen-bond donors (Lipinski definition) is 1. The predicted octanol–water partition coefficient (Wildman–Crippen LogP) is 5.60. The van der Waals surface area contributed by atoms with E-state index < -0.39 is 8.07 Å². The number of rotatable bonds is 11. The van der Waals surface area contributed by atoms with Crippen LogP contribution in [0.2, 0.25) is 25.7 Å². The van der Waals surface area contributed by atoms with Crippen LogP contribution < -0.4 is 5.32 Å². The maximum atomic E-state index is 12.8. The van der Waals surface area contributed by atoms with Crippen molar-refractivity contribution in [1.82, 2.24) is 14.5 Å². The van der Waals surface area contributed by atoms with Crippen molar-refractivity contribution in [2.75, 3.05) is 31.6 Å². The van der Waals surface area contributed by atoms with Crippen LogP contribution in [-0.2, 0) is 22.7 Å². The normalized spacial score (nSPS) is 15.3. The van der Waals surface area contributed by atoms with E-state index in [1.807, 2.05) is 23.8 Å². The zero-order valence-electron chi connectivity index (χ0n) is 22.1. The highest BCUT2D eigenvalue weighted by molar-refractivity contribution is 6.76. The van der Waals surface area contributed by atoms with Gasteiger partial charge in [0.2, 0.25) is 0 Å². The summed E-state index contributed by atoms with van der Waals surface area (Å²) in [7, 11) is -1.14. The molecule has 8 heteroatoms. The Hall–Kier alpha value is -2.68. The zero-order valence-corrected chi connectivity index (χ0v) is 23.1. The van der Waals surface area contributed by atoms with Crippen molar-refractivity contribution < 1.29 is 14.3 Å². The predicted molar refractivity (Wildman–Crippen MR) is 148 cm³/mol. The molecule has 7 nitrogen and oxygen atoms in total. The number of nitrogens with zero attached hydrogens (tertiary/aromatic N) is 3. The van der Waals surface area contributed by atoms with Gasteiger partial charge < -0.3 is 19.4 Å². The van der Waals surface area contributed by atoms with Crippen molar-refractivity contribution in [1.29, 1.82) is 0 Å². The number of carbonyl (C=O) groups is 1. The summed E-state index contributed by atoms with van der Waals surface area (Å²) in [5, 5.41) is 4.63. The third kappa shape index (κ3) is 6.96. The summed E-state index contributed by atoms with van der Waals surface area (Å²) in [6.07, 6.45) is 5.67. The number of aromatic nitrogens is 2. The fourth-order valence-corrected chi connectivity index (χ4v) is 5.34. The first-order valence-electron chi connectivity index (χ1n) is 13.1. The molecule has 1 aliphatic heterocycles. The average molecular weight is 509 g/mol. The number of anilines is 1. The minimum Gasteiger partial charge on any atom is -0.462 e. The van der Waals surface area contributed by atoms with E-state index in [4.69, 9.17) is 9.47 Å². The molecule has 0 bridgehead atoms. The van der Waals surface area contributed by atoms with Gasteiger partial charge in [-0.3, -0.25) is 4.90 Å². The Balaban J connectivity index is 1.47. The highest BCUT2D eigenvalue weighted by atomic mass is 28.3. The Bertz CT molecular complexity index is 1130. The summed E-state index contributed by atoms with van der Waals surface area (Å²) < 4.78 is 13.3. The molecule has 1 aliphatic rings. The van der Waals surface area contributed by atoms with E-state index >= 15 is 0 Å². The summed E-state index contributed by atoms with van der Waals surface area (Å²) in [6.45, 7) is 13.4. The third-order valence-electron chi connectivity index (χ3n) is 6.70. The molecule has 1 fully saturated rings. The third-order valence-corrected chi connectivity index (χ3v) is 8.40. The molecule has 0 unspecified atom stereocenters. The van der Waals surface area contributed by atoms with Crippen LogP contribution in [-0.4, -0.2) is 60.8 Å². The van der Waals surface area contributed by atoms with E-state index in [0.29, 0.717) is 18.9 Å². The van der Waals surface area contributed by atoms with E-state index in [9.17, 15) is 4.79 Å². The largest absolute Gasteiger partial charge is 0.462 e. The number of fused-ring (bicyclic) bond motifs is 1. The minimum atomic E-state index is -1.14. The Morgan fingerprint density at radius 1 is 1.14 bits per heavy atom. The Labute approximate surface area is 215 Å². The molecule has 1 aromatic carbocycles. The van der Waals surface area contributed by atoms with E-state index in [1.165, 1.54) is 5.56 Å². The Morgan fingerprint density at radius 3 is 2.58 bits per heavy atom. The molecule has 0 radical (unpaired) electrons. The number of ether oxygens (including phenoxy) is 2. The molecule has 36 heavy (non-hydrogen) atoms. The second-order valence-corrected chi connectivity index (χ2v) is 16.4. The second-order valence-electron chi connectivity index (χ2n) is 10.8. The molecule has 0 spiro atoms. The van der Waals surface area contributed by atoms with Crippen molar-refractivity contribution in [3.8, 4) is 0 Å². The molecule has 4 rings (SSSR count). The molecule has 194 valence electrons. The Morgan fingerprint density at radius 2 is 1.89 bits per heavy atom. The van der Waals surface area contributed by atoms with Gasteiger partial charge in [-0.25, -0.2) is 9.78 Å². The van der Waals surface area contributed by atoms with Crippen LogP contribution in [0.15, 0.2) is 48.8 Å². The second kappa shape index (κ2) is 12.0. The number of likely N-dealkylation sites (tertiary alicyclic amines) is 1. The number of benzene rings is 1. The van der Waals surface area contributed by atoms with Crippen LogP contribution in [0.1, 0.15) is 35.7 Å². The molecular weight excluding hydrogens is 468 g/mol. The van der Waals surface area contributed by atoms with Crippen LogP contribution in [0, 0.1) is 0 Å². The topological polar surface area (TPSA) is 68.6 Å². The molecule has 0 aliphatic carbocycles. The number of carbonyl (C=O) groups excluding carboxylic acids is 1. The lowest BCUT2D eigenvalue weighted by Gasteiger charge is -2.33. The monoisotopic (exact) mass is 508 g/mol. The standard InChI is InChI=1S/C28H40N4O3Si/c1-5-35-28(33)25-19-29-27-24(13-16-32(27)21-34-17-18-36(2,3)4)26(25)30-23-11-14-31(15-12-23)20-22-9-7-6-8-10-22/h6-10,13,16,19,23H,5,11-12,14-15,17-18,20-21H2,1-4H3,(H,29,30). The van der Waals surface area contributed by atoms with Gasteiger partial charge >= 0.3 is 5.97 Å². The van der Waals surface area contributed by atoms with Gasteiger partial charge in [0.25, 0.3) is 0 Å². The Kier molecular flexibility index (Phi) is 8.82. The molecule has 3 aromatic rings. The van der Waals surface area contributed by atoms with Crippen LogP contribution >= 0.6 is 0 Å². The molecular formula is C28H40N4O3Si. The number of nitrogens with one attached hydrogen (secondary N) is 1. The maximum Gasteiger partial charge on any atom is 0.341 e. The number of hydrogen-bond acceptors (Lipinski definition) is 6. The molecule has 0 atom stereocenters. The lowest BCUT2D eigenvalue weighted by Crippen LogP contribution is -2.39. The highest BCUT2D eigenvalue weighted by Gasteiger charge is 2.24. The minimum absolute atomic E-state index is 0.284. The van der Waals surface area contributed by atoms with Gasteiger partial charge in [0.05, 0.1) is 12.3 Å². The SMILES string of the molecule is CCOC(=O)c1cnc2c(ccn2COCC[Si](C)(C)C)c1NC1CCN(Cc2ccccc2)CC1. The van der Waals surface area contributed by atoms with Gasteiger partial charge in [0, 0.05) is 58.1 Å². The summed E-state index contributed by atoms with van der Waals surface area (Å²) in [5.74, 6) is -0.338. The van der Waals surface area contributed by atoms with Crippen molar-refractivity contribution in [3.05, 3.63) is 59.9 Å². The first-order chi connectivity index (χ1) is 17.3. The molecule has 0 amide bonds. The average Bonchev–Trinajstić information content (AvgIpc) is 3.27. The lowest BCUT2D eigenvalue weighted by atomic mass is 10.0. The molecule has 1 saturated heterocycles. The smallest absolute Gasteiger partial charge is 0.341 e. The van der Waals surface area contributed by atoms with E-state index in [1.54, 1.807) is 6.20 Å². The lowest BCUT2D eigenvalue weighted by molar-refractivity contribution is 0.0527. The molecule has 1 N–H and O–H groups in total. The van der Waals surface area contributed by atoms with Gasteiger partial charge in [-0.1, -0.05) is 50.0 Å². The summed E-state index contributed by atoms with van der Waals surface area (Å²) >= 11 is 0. The van der Waals surface area contributed by atoms with Gasteiger partial charge in [0.1, 0.15) is 17.9 Å². The van der Waals surface area contributed by atoms with Crippen LogP contribution in [0.4, 0.5) is 5.69 Å². The van der Waals surface area contributed by atoms with E-state index in [-0.39, 0.29) is 12.0 Å². The molecule has 3 heterocycles. The fourth-order valence-electron chi connectivity index (χ4n) is 4.58. The fraction of sp³-hybridized carbons (Fsp3) is 0.500. The first-order valence-corrected chi connectivity index (χ1v) is 16.8. The van der Waals surface area contributed by atoms with Crippen LogP contribution in [0.3, 0.4) is 0 Å². The zero-order chi connectivity index (χ0) is 25.5. The van der Waals surface area contributed by atoms with Crippen molar-refractivity contribution >= 4 is 30.8 Å². The van der Waals surface area contributed by atoms with E-state index in [2.05, 4.69) is 65.2 Å². The number of pyridine rings is 1. The van der Waals surface area contributed by atoms with Crippen molar-refractivity contribution in [2.45, 2.75) is 64.8 Å². The molecule has 0 saturated carbocycles. The van der Waals surface area contributed by atoms with Gasteiger partial charge in [-0.05, 0) is 37.4 Å². The summed E-state index contributed by atoms with van der Waals surface area (Å²) in [5.41, 5.74) is 3.48. The van der Waals surface area contributed by atoms with E-state index in [0.717, 1.165) is 61.8 Å². The van der Waals surface area contributed by atoms with Gasteiger partial charge in [0.15, 0.2) is 0 Å². The van der Waals surface area contributed by atoms with Crippen LogP contribution in [0.25, 0.3) is 11.0 Å².